The summed E-state index contributed by atoms with van der Waals surface area (Å²) in [4.78, 5) is 16.9. The highest BCUT2D eigenvalue weighted by molar-refractivity contribution is 7.07. The third-order valence-corrected chi connectivity index (χ3v) is 6.66. The third-order valence-electron chi connectivity index (χ3n) is 5.93. The summed E-state index contributed by atoms with van der Waals surface area (Å²) in [5, 5.41) is 4.39. The van der Waals surface area contributed by atoms with Crippen LogP contribution >= 0.6 is 23.7 Å². The van der Waals surface area contributed by atoms with Gasteiger partial charge in [0.25, 0.3) is 0 Å². The Morgan fingerprint density at radius 3 is 2.85 bits per heavy atom. The molecule has 3 heterocycles. The van der Waals surface area contributed by atoms with E-state index in [2.05, 4.69) is 44.8 Å². The SMILES string of the molecule is COc1cccc([C@H]2CN(C(C)=O)[C@@H]3CCN(Cc4ccsc4)C[C@H]23)c1.Cl. The summed E-state index contributed by atoms with van der Waals surface area (Å²) in [7, 11) is 1.71. The number of carbonyl (C=O) groups is 1. The quantitative estimate of drug-likeness (QED) is 0.768. The van der Waals surface area contributed by atoms with Crippen molar-refractivity contribution in [2.75, 3.05) is 26.7 Å². The molecule has 0 aliphatic carbocycles. The van der Waals surface area contributed by atoms with Crippen molar-refractivity contribution in [3.63, 3.8) is 0 Å². The van der Waals surface area contributed by atoms with Crippen LogP contribution in [-0.4, -0.2) is 48.5 Å². The number of methoxy groups -OCH3 is 1. The molecular formula is C21H27ClN2O2S. The summed E-state index contributed by atoms with van der Waals surface area (Å²) in [6.45, 7) is 5.66. The van der Waals surface area contributed by atoms with Crippen LogP contribution in [-0.2, 0) is 11.3 Å². The number of nitrogens with zero attached hydrogens (tertiary/aromatic N) is 2. The van der Waals surface area contributed by atoms with Gasteiger partial charge >= 0.3 is 0 Å². The fourth-order valence-electron chi connectivity index (χ4n) is 4.68. The first-order valence-corrected chi connectivity index (χ1v) is 10.2. The summed E-state index contributed by atoms with van der Waals surface area (Å²) in [6, 6.07) is 11.0. The van der Waals surface area contributed by atoms with Crippen molar-refractivity contribution in [3.05, 3.63) is 52.2 Å². The van der Waals surface area contributed by atoms with Gasteiger partial charge in [-0.15, -0.1) is 12.4 Å². The van der Waals surface area contributed by atoms with E-state index in [0.717, 1.165) is 38.3 Å². The summed E-state index contributed by atoms with van der Waals surface area (Å²) >= 11 is 1.76. The molecule has 2 saturated heterocycles. The molecule has 2 aromatic rings. The maximum absolute atomic E-state index is 12.2. The van der Waals surface area contributed by atoms with Crippen LogP contribution in [0.4, 0.5) is 0 Å². The predicted octanol–water partition coefficient (Wildman–Crippen LogP) is 4.01. The standard InChI is InChI=1S/C21H26N2O2S.ClH/c1-15(24)23-13-19(17-4-3-5-18(10-17)25-2)20-12-22(8-6-21(20)23)11-16-7-9-26-14-16;/h3-5,7,9-10,14,19-21H,6,8,11-13H2,1-2H3;1H/t19-,20-,21-;/m1./s1. The zero-order valence-corrected chi connectivity index (χ0v) is 17.5. The van der Waals surface area contributed by atoms with E-state index < -0.39 is 0 Å². The first kappa shape index (κ1) is 20.2. The zero-order valence-electron chi connectivity index (χ0n) is 15.8. The molecule has 0 spiro atoms. The van der Waals surface area contributed by atoms with E-state index in [1.165, 1.54) is 11.1 Å². The average molecular weight is 407 g/mol. The maximum Gasteiger partial charge on any atom is 0.219 e. The molecule has 0 bridgehead atoms. The minimum Gasteiger partial charge on any atom is -0.497 e. The van der Waals surface area contributed by atoms with Crippen molar-refractivity contribution in [1.29, 1.82) is 0 Å². The Balaban J connectivity index is 0.00000210. The number of hydrogen-bond acceptors (Lipinski definition) is 4. The maximum atomic E-state index is 12.2. The van der Waals surface area contributed by atoms with Gasteiger partial charge in [0, 0.05) is 51.0 Å². The number of likely N-dealkylation sites (tertiary alicyclic amines) is 2. The molecule has 1 aromatic carbocycles. The normalized spacial score (nSPS) is 25.0. The fraction of sp³-hybridized carbons (Fsp3) is 0.476. The molecule has 0 unspecified atom stereocenters. The number of thiophene rings is 1. The third kappa shape index (κ3) is 4.15. The van der Waals surface area contributed by atoms with Crippen LogP contribution < -0.4 is 4.74 Å². The topological polar surface area (TPSA) is 32.8 Å². The Morgan fingerprint density at radius 1 is 1.30 bits per heavy atom. The Bertz CT molecular complexity index is 767. The van der Waals surface area contributed by atoms with Gasteiger partial charge in [0.1, 0.15) is 5.75 Å². The van der Waals surface area contributed by atoms with Gasteiger partial charge < -0.3 is 9.64 Å². The van der Waals surface area contributed by atoms with Crippen molar-refractivity contribution in [1.82, 2.24) is 9.80 Å². The minimum atomic E-state index is 0. The minimum absolute atomic E-state index is 0. The van der Waals surface area contributed by atoms with Crippen LogP contribution in [0.5, 0.6) is 5.75 Å². The first-order valence-electron chi connectivity index (χ1n) is 9.30. The number of rotatable bonds is 4. The molecule has 4 rings (SSSR count). The van der Waals surface area contributed by atoms with E-state index in [9.17, 15) is 4.79 Å². The fourth-order valence-corrected chi connectivity index (χ4v) is 5.34. The van der Waals surface area contributed by atoms with Crippen LogP contribution in [0.1, 0.15) is 30.4 Å². The van der Waals surface area contributed by atoms with Crippen molar-refractivity contribution in [2.45, 2.75) is 31.8 Å². The summed E-state index contributed by atoms with van der Waals surface area (Å²) in [5.74, 6) is 1.96. The molecule has 2 aliphatic heterocycles. The Labute approximate surface area is 171 Å². The molecule has 27 heavy (non-hydrogen) atoms. The van der Waals surface area contributed by atoms with Crippen LogP contribution in [0.3, 0.4) is 0 Å². The molecule has 3 atom stereocenters. The van der Waals surface area contributed by atoms with Gasteiger partial charge in [0.15, 0.2) is 0 Å². The lowest BCUT2D eigenvalue weighted by Gasteiger charge is -2.38. The second kappa shape index (κ2) is 8.63. The average Bonchev–Trinajstić information content (AvgIpc) is 3.29. The van der Waals surface area contributed by atoms with Gasteiger partial charge in [-0.1, -0.05) is 12.1 Å². The van der Waals surface area contributed by atoms with Crippen LogP contribution in [0.15, 0.2) is 41.1 Å². The van der Waals surface area contributed by atoms with Crippen molar-refractivity contribution < 1.29 is 9.53 Å². The molecule has 6 heteroatoms. The van der Waals surface area contributed by atoms with E-state index in [1.807, 2.05) is 6.07 Å². The molecule has 2 fully saturated rings. The van der Waals surface area contributed by atoms with Crippen LogP contribution in [0, 0.1) is 5.92 Å². The molecular weight excluding hydrogens is 380 g/mol. The molecule has 146 valence electrons. The molecule has 0 radical (unpaired) electrons. The molecule has 0 N–H and O–H groups in total. The smallest absolute Gasteiger partial charge is 0.219 e. The molecule has 1 amide bonds. The van der Waals surface area contributed by atoms with Crippen molar-refractivity contribution >= 4 is 29.7 Å². The highest BCUT2D eigenvalue weighted by atomic mass is 35.5. The lowest BCUT2D eigenvalue weighted by molar-refractivity contribution is -0.130. The lowest BCUT2D eigenvalue weighted by Crippen LogP contribution is -2.47. The first-order chi connectivity index (χ1) is 12.7. The second-order valence-electron chi connectivity index (χ2n) is 7.44. The summed E-state index contributed by atoms with van der Waals surface area (Å²) < 4.78 is 5.43. The number of piperidine rings is 1. The molecule has 1 aromatic heterocycles. The molecule has 4 nitrogen and oxygen atoms in total. The van der Waals surface area contributed by atoms with Crippen LogP contribution in [0.25, 0.3) is 0 Å². The van der Waals surface area contributed by atoms with Crippen molar-refractivity contribution in [3.8, 4) is 5.75 Å². The highest BCUT2D eigenvalue weighted by Crippen LogP contribution is 2.42. The van der Waals surface area contributed by atoms with Gasteiger partial charge in [-0.05, 0) is 46.5 Å². The Morgan fingerprint density at radius 2 is 2.15 bits per heavy atom. The number of benzene rings is 1. The van der Waals surface area contributed by atoms with Crippen molar-refractivity contribution in [2.24, 2.45) is 5.92 Å². The van der Waals surface area contributed by atoms with E-state index in [1.54, 1.807) is 25.4 Å². The number of ether oxygens (including phenoxy) is 1. The van der Waals surface area contributed by atoms with Crippen LogP contribution in [0.2, 0.25) is 0 Å². The largest absolute Gasteiger partial charge is 0.497 e. The van der Waals surface area contributed by atoms with E-state index in [4.69, 9.17) is 4.74 Å². The van der Waals surface area contributed by atoms with Gasteiger partial charge in [-0.3, -0.25) is 9.69 Å². The number of hydrogen-bond donors (Lipinski definition) is 0. The zero-order chi connectivity index (χ0) is 18.1. The van der Waals surface area contributed by atoms with Gasteiger partial charge in [-0.2, -0.15) is 11.3 Å². The second-order valence-corrected chi connectivity index (χ2v) is 8.22. The van der Waals surface area contributed by atoms with Gasteiger partial charge in [0.05, 0.1) is 7.11 Å². The van der Waals surface area contributed by atoms with E-state index in [0.29, 0.717) is 17.9 Å². The number of carbonyl (C=O) groups excluding carboxylic acids is 1. The number of fused-ring (bicyclic) bond motifs is 1. The van der Waals surface area contributed by atoms with E-state index in [-0.39, 0.29) is 18.3 Å². The summed E-state index contributed by atoms with van der Waals surface area (Å²) in [5.41, 5.74) is 2.69. The molecule has 0 saturated carbocycles. The van der Waals surface area contributed by atoms with Gasteiger partial charge in [-0.25, -0.2) is 0 Å². The molecule has 2 aliphatic rings. The Hall–Kier alpha value is -1.56. The highest BCUT2D eigenvalue weighted by Gasteiger charge is 2.46. The summed E-state index contributed by atoms with van der Waals surface area (Å²) in [6.07, 6.45) is 1.06. The van der Waals surface area contributed by atoms with Gasteiger partial charge in [0.2, 0.25) is 5.91 Å². The number of halogens is 1. The van der Waals surface area contributed by atoms with E-state index >= 15 is 0 Å². The Kier molecular flexibility index (Phi) is 6.45. The monoisotopic (exact) mass is 406 g/mol. The number of amides is 1. The lowest BCUT2D eigenvalue weighted by atomic mass is 9.81. The predicted molar refractivity (Wildman–Crippen MR) is 112 cm³/mol.